The molecule has 0 radical (unpaired) electrons. The third-order valence-electron chi connectivity index (χ3n) is 1.39. The highest BCUT2D eigenvalue weighted by molar-refractivity contribution is 5.62. The molecule has 0 fully saturated rings. The number of hydrogen-bond acceptors (Lipinski definition) is 5. The Balaban J connectivity index is 3.18. The molecule has 0 bridgehead atoms. The number of methoxy groups -OCH3 is 2. The van der Waals surface area contributed by atoms with Crippen LogP contribution in [-0.2, 0) is 0 Å². The van der Waals surface area contributed by atoms with E-state index in [2.05, 4.69) is 4.98 Å². The molecule has 5 nitrogen and oxygen atoms in total. The largest absolute Gasteiger partial charge is 0.479 e. The lowest BCUT2D eigenvalue weighted by Gasteiger charge is -2.07. The van der Waals surface area contributed by atoms with Gasteiger partial charge in [-0.1, -0.05) is 0 Å². The van der Waals surface area contributed by atoms with Gasteiger partial charge in [0.15, 0.2) is 0 Å². The minimum atomic E-state index is 0.320. The van der Waals surface area contributed by atoms with E-state index in [1.54, 1.807) is 6.07 Å². The molecule has 4 N–H and O–H groups in total. The van der Waals surface area contributed by atoms with E-state index in [9.17, 15) is 0 Å². The van der Waals surface area contributed by atoms with Crippen LogP contribution in [0.15, 0.2) is 6.07 Å². The van der Waals surface area contributed by atoms with Crippen molar-refractivity contribution in [3.05, 3.63) is 6.07 Å². The standard InChI is InChI=1S/C7H11N3O2/c1-11-6-4(8)3-5(9)7(10-6)12-2/h3H,8-9H2,1-2H3. The third-order valence-corrected chi connectivity index (χ3v) is 1.39. The first-order valence-corrected chi connectivity index (χ1v) is 3.33. The highest BCUT2D eigenvalue weighted by Gasteiger charge is 2.07. The van der Waals surface area contributed by atoms with Gasteiger partial charge < -0.3 is 20.9 Å². The van der Waals surface area contributed by atoms with Crippen molar-refractivity contribution in [3.8, 4) is 11.8 Å². The molecule has 0 aromatic carbocycles. The summed E-state index contributed by atoms with van der Waals surface area (Å²) in [6.07, 6.45) is 0. The molecule has 1 rings (SSSR count). The van der Waals surface area contributed by atoms with E-state index in [0.717, 1.165) is 0 Å². The molecule has 0 atom stereocenters. The van der Waals surface area contributed by atoms with Crippen LogP contribution in [0.5, 0.6) is 11.8 Å². The van der Waals surface area contributed by atoms with Gasteiger partial charge in [-0.25, -0.2) is 0 Å². The first kappa shape index (κ1) is 8.45. The number of anilines is 2. The number of rotatable bonds is 2. The van der Waals surface area contributed by atoms with E-state index < -0.39 is 0 Å². The monoisotopic (exact) mass is 169 g/mol. The second kappa shape index (κ2) is 3.17. The van der Waals surface area contributed by atoms with Crippen LogP contribution in [0.1, 0.15) is 0 Å². The highest BCUT2D eigenvalue weighted by Crippen LogP contribution is 2.27. The van der Waals surface area contributed by atoms with Gasteiger partial charge in [0, 0.05) is 0 Å². The molecule has 0 aliphatic heterocycles. The fourth-order valence-corrected chi connectivity index (χ4v) is 0.839. The first-order chi connectivity index (χ1) is 5.69. The second-order valence-electron chi connectivity index (χ2n) is 2.19. The van der Waals surface area contributed by atoms with Crippen LogP contribution in [-0.4, -0.2) is 19.2 Å². The minimum absolute atomic E-state index is 0.320. The fourth-order valence-electron chi connectivity index (χ4n) is 0.839. The van der Waals surface area contributed by atoms with Gasteiger partial charge in [0.1, 0.15) is 0 Å². The maximum absolute atomic E-state index is 5.53. The summed E-state index contributed by atoms with van der Waals surface area (Å²) in [7, 11) is 2.96. The Labute approximate surface area is 70.3 Å². The van der Waals surface area contributed by atoms with Crippen molar-refractivity contribution in [3.63, 3.8) is 0 Å². The fraction of sp³-hybridized carbons (Fsp3) is 0.286. The molecule has 1 heterocycles. The van der Waals surface area contributed by atoms with Crippen LogP contribution < -0.4 is 20.9 Å². The Morgan fingerprint density at radius 3 is 1.83 bits per heavy atom. The minimum Gasteiger partial charge on any atom is -0.479 e. The van der Waals surface area contributed by atoms with Crippen LogP contribution in [0.2, 0.25) is 0 Å². The predicted octanol–water partition coefficient (Wildman–Crippen LogP) is 0.263. The van der Waals surface area contributed by atoms with Gasteiger partial charge in [-0.15, -0.1) is 0 Å². The molecule has 5 heteroatoms. The summed E-state index contributed by atoms with van der Waals surface area (Å²) in [5.74, 6) is 0.641. The molecule has 66 valence electrons. The lowest BCUT2D eigenvalue weighted by molar-refractivity contribution is 0.368. The Bertz CT molecular complexity index is 263. The Hall–Kier alpha value is -1.65. The Kier molecular flexibility index (Phi) is 2.23. The second-order valence-corrected chi connectivity index (χ2v) is 2.19. The van der Waals surface area contributed by atoms with E-state index in [-0.39, 0.29) is 0 Å². The number of hydrogen-bond donors (Lipinski definition) is 2. The van der Waals surface area contributed by atoms with Gasteiger partial charge in [-0.2, -0.15) is 4.98 Å². The summed E-state index contributed by atoms with van der Waals surface area (Å²) in [4.78, 5) is 3.91. The molecule has 1 aromatic rings. The van der Waals surface area contributed by atoms with Crippen molar-refractivity contribution >= 4 is 11.4 Å². The molecule has 0 spiro atoms. The summed E-state index contributed by atoms with van der Waals surface area (Å²) in [6, 6.07) is 1.55. The Morgan fingerprint density at radius 1 is 1.08 bits per heavy atom. The predicted molar refractivity (Wildman–Crippen MR) is 46.2 cm³/mol. The van der Waals surface area contributed by atoms with Crippen molar-refractivity contribution in [2.75, 3.05) is 25.7 Å². The number of nitrogens with two attached hydrogens (primary N) is 2. The molecule has 1 aromatic heterocycles. The highest BCUT2D eigenvalue weighted by atomic mass is 16.5. The quantitative estimate of drug-likeness (QED) is 0.663. The smallest absolute Gasteiger partial charge is 0.240 e. The zero-order chi connectivity index (χ0) is 9.14. The average molecular weight is 169 g/mol. The summed E-state index contributed by atoms with van der Waals surface area (Å²) in [5.41, 5.74) is 11.9. The lowest BCUT2D eigenvalue weighted by atomic mass is 10.3. The van der Waals surface area contributed by atoms with Gasteiger partial charge >= 0.3 is 0 Å². The van der Waals surface area contributed by atoms with Crippen LogP contribution in [0.3, 0.4) is 0 Å². The molecule has 0 saturated carbocycles. The molecular formula is C7H11N3O2. The summed E-state index contributed by atoms with van der Waals surface area (Å²) in [5, 5.41) is 0. The summed E-state index contributed by atoms with van der Waals surface area (Å²) in [6.45, 7) is 0. The zero-order valence-electron chi connectivity index (χ0n) is 7.00. The zero-order valence-corrected chi connectivity index (χ0v) is 7.00. The normalized spacial score (nSPS) is 9.50. The van der Waals surface area contributed by atoms with Gasteiger partial charge in [-0.05, 0) is 6.07 Å². The molecule has 0 aliphatic rings. The molecule has 0 aliphatic carbocycles. The molecular weight excluding hydrogens is 158 g/mol. The van der Waals surface area contributed by atoms with Gasteiger partial charge in [0.25, 0.3) is 0 Å². The number of ether oxygens (including phenoxy) is 2. The number of nitrogen functional groups attached to an aromatic ring is 2. The van der Waals surface area contributed by atoms with Crippen LogP contribution in [0, 0.1) is 0 Å². The first-order valence-electron chi connectivity index (χ1n) is 3.33. The molecule has 0 amide bonds. The molecule has 0 saturated heterocycles. The van der Waals surface area contributed by atoms with Crippen molar-refractivity contribution < 1.29 is 9.47 Å². The van der Waals surface area contributed by atoms with E-state index in [0.29, 0.717) is 23.1 Å². The lowest BCUT2D eigenvalue weighted by Crippen LogP contribution is -2.01. The van der Waals surface area contributed by atoms with Crippen LogP contribution >= 0.6 is 0 Å². The molecule has 0 unspecified atom stereocenters. The maximum Gasteiger partial charge on any atom is 0.240 e. The van der Waals surface area contributed by atoms with Gasteiger partial charge in [-0.3, -0.25) is 0 Å². The van der Waals surface area contributed by atoms with Gasteiger partial charge in [0.05, 0.1) is 25.6 Å². The van der Waals surface area contributed by atoms with Crippen molar-refractivity contribution in [1.82, 2.24) is 4.98 Å². The van der Waals surface area contributed by atoms with Crippen LogP contribution in [0.4, 0.5) is 11.4 Å². The summed E-state index contributed by atoms with van der Waals surface area (Å²) >= 11 is 0. The maximum atomic E-state index is 5.53. The summed E-state index contributed by atoms with van der Waals surface area (Å²) < 4.78 is 9.74. The topological polar surface area (TPSA) is 83.4 Å². The third kappa shape index (κ3) is 1.34. The van der Waals surface area contributed by atoms with Gasteiger partial charge in [0.2, 0.25) is 11.8 Å². The van der Waals surface area contributed by atoms with Crippen molar-refractivity contribution in [1.29, 1.82) is 0 Å². The SMILES string of the molecule is COc1nc(OC)c(N)cc1N. The Morgan fingerprint density at radius 2 is 1.50 bits per heavy atom. The van der Waals surface area contributed by atoms with E-state index in [1.165, 1.54) is 14.2 Å². The van der Waals surface area contributed by atoms with E-state index in [1.807, 2.05) is 0 Å². The number of pyridine rings is 1. The van der Waals surface area contributed by atoms with Crippen LogP contribution in [0.25, 0.3) is 0 Å². The van der Waals surface area contributed by atoms with Crippen molar-refractivity contribution in [2.24, 2.45) is 0 Å². The number of nitrogens with zero attached hydrogens (tertiary/aromatic N) is 1. The van der Waals surface area contributed by atoms with E-state index in [4.69, 9.17) is 20.9 Å². The van der Waals surface area contributed by atoms with E-state index >= 15 is 0 Å². The molecule has 12 heavy (non-hydrogen) atoms. The number of aromatic nitrogens is 1. The average Bonchev–Trinajstić information content (AvgIpc) is 2.05. The van der Waals surface area contributed by atoms with Crippen molar-refractivity contribution in [2.45, 2.75) is 0 Å².